The van der Waals surface area contributed by atoms with Gasteiger partial charge >= 0.3 is 0 Å². The highest BCUT2D eigenvalue weighted by molar-refractivity contribution is 5.46. The highest BCUT2D eigenvalue weighted by Gasteiger charge is 2.20. The minimum absolute atomic E-state index is 0.174. The summed E-state index contributed by atoms with van der Waals surface area (Å²) < 4.78 is 24.0. The van der Waals surface area contributed by atoms with Crippen LogP contribution in [0, 0.1) is 5.82 Å². The molecule has 1 atom stereocenters. The van der Waals surface area contributed by atoms with Crippen molar-refractivity contribution >= 4 is 5.69 Å². The molecule has 5 heteroatoms. The zero-order valence-electron chi connectivity index (χ0n) is 12.3. The molecule has 0 radical (unpaired) electrons. The largest absolute Gasteiger partial charge is 0.376 e. The Morgan fingerprint density at radius 2 is 1.81 bits per heavy atom. The molecule has 4 nitrogen and oxygen atoms in total. The van der Waals surface area contributed by atoms with Gasteiger partial charge in [-0.1, -0.05) is 0 Å². The number of anilines is 1. The van der Waals surface area contributed by atoms with Crippen molar-refractivity contribution in [1.82, 2.24) is 4.90 Å². The molecular formula is C16H23FN2O2. The van der Waals surface area contributed by atoms with E-state index in [-0.39, 0.29) is 11.9 Å². The van der Waals surface area contributed by atoms with Gasteiger partial charge in [0.15, 0.2) is 0 Å². The molecule has 2 heterocycles. The molecule has 0 bridgehead atoms. The van der Waals surface area contributed by atoms with Gasteiger partial charge in [-0.15, -0.1) is 0 Å². The molecule has 0 saturated carbocycles. The third kappa shape index (κ3) is 4.15. The Morgan fingerprint density at radius 3 is 2.48 bits per heavy atom. The molecule has 0 amide bonds. The van der Waals surface area contributed by atoms with Crippen LogP contribution < -0.4 is 4.90 Å². The van der Waals surface area contributed by atoms with Crippen molar-refractivity contribution in [3.63, 3.8) is 0 Å². The average Bonchev–Trinajstić information content (AvgIpc) is 2.55. The summed E-state index contributed by atoms with van der Waals surface area (Å²) in [5.41, 5.74) is 1.11. The predicted molar refractivity (Wildman–Crippen MR) is 80.2 cm³/mol. The zero-order valence-corrected chi connectivity index (χ0v) is 12.3. The highest BCUT2D eigenvalue weighted by atomic mass is 19.1. The summed E-state index contributed by atoms with van der Waals surface area (Å²) in [5.74, 6) is -0.174. The number of piperazine rings is 1. The van der Waals surface area contributed by atoms with Crippen molar-refractivity contribution < 1.29 is 13.9 Å². The third-order valence-corrected chi connectivity index (χ3v) is 4.22. The lowest BCUT2D eigenvalue weighted by molar-refractivity contribution is -0.0927. The van der Waals surface area contributed by atoms with Crippen LogP contribution in [0.5, 0.6) is 0 Å². The Balaban J connectivity index is 1.41. The number of halogens is 1. The number of nitrogens with zero attached hydrogens (tertiary/aromatic N) is 2. The summed E-state index contributed by atoms with van der Waals surface area (Å²) >= 11 is 0. The fraction of sp³-hybridized carbons (Fsp3) is 0.625. The van der Waals surface area contributed by atoms with Gasteiger partial charge in [-0.3, -0.25) is 4.90 Å². The predicted octanol–water partition coefficient (Wildman–Crippen LogP) is 1.75. The molecule has 3 rings (SSSR count). The van der Waals surface area contributed by atoms with Gasteiger partial charge < -0.3 is 14.4 Å². The van der Waals surface area contributed by atoms with Crippen LogP contribution in [-0.2, 0) is 9.47 Å². The van der Waals surface area contributed by atoms with E-state index in [0.29, 0.717) is 0 Å². The maximum absolute atomic E-state index is 12.9. The molecule has 1 aromatic rings. The molecule has 0 aromatic heterocycles. The van der Waals surface area contributed by atoms with Gasteiger partial charge in [-0.2, -0.15) is 0 Å². The third-order valence-electron chi connectivity index (χ3n) is 4.22. The lowest BCUT2D eigenvalue weighted by atomic mass is 10.2. The molecule has 2 saturated heterocycles. The van der Waals surface area contributed by atoms with E-state index in [2.05, 4.69) is 9.80 Å². The number of benzene rings is 1. The van der Waals surface area contributed by atoms with Gasteiger partial charge in [0.05, 0.1) is 25.9 Å². The van der Waals surface area contributed by atoms with Crippen molar-refractivity contribution in [2.45, 2.75) is 12.5 Å². The second-order valence-corrected chi connectivity index (χ2v) is 5.66. The van der Waals surface area contributed by atoms with Crippen molar-refractivity contribution in [3.8, 4) is 0 Å². The van der Waals surface area contributed by atoms with E-state index in [1.807, 2.05) is 12.1 Å². The van der Waals surface area contributed by atoms with E-state index in [4.69, 9.17) is 9.47 Å². The summed E-state index contributed by atoms with van der Waals surface area (Å²) in [6.07, 6.45) is 1.30. The minimum Gasteiger partial charge on any atom is -0.376 e. The summed E-state index contributed by atoms with van der Waals surface area (Å²) in [6, 6.07) is 6.78. The smallest absolute Gasteiger partial charge is 0.123 e. The van der Waals surface area contributed by atoms with Gasteiger partial charge in [-0.25, -0.2) is 4.39 Å². The van der Waals surface area contributed by atoms with Crippen molar-refractivity contribution in [3.05, 3.63) is 30.1 Å². The van der Waals surface area contributed by atoms with E-state index in [1.54, 1.807) is 0 Å². The summed E-state index contributed by atoms with van der Waals surface area (Å²) in [5, 5.41) is 0. The van der Waals surface area contributed by atoms with Crippen molar-refractivity contribution in [2.75, 3.05) is 57.4 Å². The number of hydrogen-bond donors (Lipinski definition) is 0. The normalized spacial score (nSPS) is 24.2. The Kier molecular flexibility index (Phi) is 5.06. The maximum atomic E-state index is 12.9. The fourth-order valence-corrected chi connectivity index (χ4v) is 2.91. The molecular weight excluding hydrogens is 271 g/mol. The molecule has 1 aromatic carbocycles. The topological polar surface area (TPSA) is 24.9 Å². The molecule has 0 spiro atoms. The van der Waals surface area contributed by atoms with Crippen LogP contribution in [0.2, 0.25) is 0 Å². The first kappa shape index (κ1) is 14.8. The Hall–Kier alpha value is -1.17. The van der Waals surface area contributed by atoms with Crippen LogP contribution in [0.1, 0.15) is 6.42 Å². The van der Waals surface area contributed by atoms with E-state index in [0.717, 1.165) is 64.7 Å². The van der Waals surface area contributed by atoms with Crippen LogP contribution in [0.15, 0.2) is 24.3 Å². The summed E-state index contributed by atoms with van der Waals surface area (Å²) in [4.78, 5) is 4.79. The molecule has 21 heavy (non-hydrogen) atoms. The van der Waals surface area contributed by atoms with Crippen molar-refractivity contribution in [1.29, 1.82) is 0 Å². The van der Waals surface area contributed by atoms with E-state index in [1.165, 1.54) is 12.1 Å². The Bertz CT molecular complexity index is 426. The first-order valence-electron chi connectivity index (χ1n) is 7.73. The molecule has 2 fully saturated rings. The SMILES string of the molecule is Fc1ccc(N2CCN(CCC3COCCO3)CC2)cc1. The van der Waals surface area contributed by atoms with Gasteiger partial charge in [0.2, 0.25) is 0 Å². The Morgan fingerprint density at radius 1 is 1.05 bits per heavy atom. The molecule has 2 aliphatic heterocycles. The quantitative estimate of drug-likeness (QED) is 0.845. The van der Waals surface area contributed by atoms with Crippen LogP contribution in [-0.4, -0.2) is 63.5 Å². The highest BCUT2D eigenvalue weighted by Crippen LogP contribution is 2.17. The van der Waals surface area contributed by atoms with Gasteiger partial charge in [0, 0.05) is 38.4 Å². The first-order chi connectivity index (χ1) is 10.3. The van der Waals surface area contributed by atoms with E-state index >= 15 is 0 Å². The number of ether oxygens (including phenoxy) is 2. The second kappa shape index (κ2) is 7.20. The summed E-state index contributed by atoms with van der Waals surface area (Å²) in [6.45, 7) is 7.33. The van der Waals surface area contributed by atoms with Gasteiger partial charge in [-0.05, 0) is 30.7 Å². The van der Waals surface area contributed by atoms with E-state index < -0.39 is 0 Å². The van der Waals surface area contributed by atoms with Gasteiger partial charge in [0.1, 0.15) is 5.82 Å². The average molecular weight is 294 g/mol. The molecule has 1 unspecified atom stereocenters. The molecule has 0 N–H and O–H groups in total. The first-order valence-corrected chi connectivity index (χ1v) is 7.73. The fourth-order valence-electron chi connectivity index (χ4n) is 2.91. The Labute approximate surface area is 125 Å². The minimum atomic E-state index is -0.174. The van der Waals surface area contributed by atoms with Crippen LogP contribution in [0.4, 0.5) is 10.1 Å². The maximum Gasteiger partial charge on any atom is 0.123 e. The zero-order chi connectivity index (χ0) is 14.5. The van der Waals surface area contributed by atoms with Crippen molar-refractivity contribution in [2.24, 2.45) is 0 Å². The van der Waals surface area contributed by atoms with E-state index in [9.17, 15) is 4.39 Å². The summed E-state index contributed by atoms with van der Waals surface area (Å²) in [7, 11) is 0. The number of hydrogen-bond acceptors (Lipinski definition) is 4. The van der Waals surface area contributed by atoms with Crippen LogP contribution >= 0.6 is 0 Å². The monoisotopic (exact) mass is 294 g/mol. The second-order valence-electron chi connectivity index (χ2n) is 5.66. The van der Waals surface area contributed by atoms with Gasteiger partial charge in [0.25, 0.3) is 0 Å². The molecule has 2 aliphatic rings. The lowest BCUT2D eigenvalue weighted by Gasteiger charge is -2.36. The van der Waals surface area contributed by atoms with Crippen LogP contribution in [0.25, 0.3) is 0 Å². The standard InChI is InChI=1S/C16H23FN2O2/c17-14-1-3-15(4-2-14)19-9-7-18(8-10-19)6-5-16-13-20-11-12-21-16/h1-4,16H,5-13H2. The molecule has 0 aliphatic carbocycles. The lowest BCUT2D eigenvalue weighted by Crippen LogP contribution is -2.47. The number of rotatable bonds is 4. The van der Waals surface area contributed by atoms with Crippen LogP contribution in [0.3, 0.4) is 0 Å². The molecule has 116 valence electrons.